The summed E-state index contributed by atoms with van der Waals surface area (Å²) in [5, 5.41) is 3.54. The summed E-state index contributed by atoms with van der Waals surface area (Å²) in [5.74, 6) is -0.554. The Hall–Kier alpha value is -1.46. The van der Waals surface area contributed by atoms with E-state index in [9.17, 15) is 4.79 Å². The fraction of sp³-hybridized carbons (Fsp3) is 0.462. The van der Waals surface area contributed by atoms with Gasteiger partial charge in [-0.1, -0.05) is 11.6 Å². The van der Waals surface area contributed by atoms with Gasteiger partial charge in [0.25, 0.3) is 5.91 Å². The molecule has 2 rings (SSSR count). The van der Waals surface area contributed by atoms with E-state index in [1.54, 1.807) is 6.07 Å². The molecular formula is C13H18ClN3O2. The molecule has 1 aliphatic rings. The molecule has 6 heteroatoms. The van der Waals surface area contributed by atoms with Gasteiger partial charge in [0.2, 0.25) is 0 Å². The second-order valence-corrected chi connectivity index (χ2v) is 5.07. The Morgan fingerprint density at radius 1 is 1.47 bits per heavy atom. The molecule has 1 heterocycles. The van der Waals surface area contributed by atoms with Gasteiger partial charge in [-0.25, -0.2) is 0 Å². The minimum atomic E-state index is -0.554. The van der Waals surface area contributed by atoms with Gasteiger partial charge in [0.15, 0.2) is 0 Å². The van der Waals surface area contributed by atoms with Crippen LogP contribution in [-0.4, -0.2) is 25.2 Å². The highest BCUT2D eigenvalue weighted by Gasteiger charge is 2.17. The lowest BCUT2D eigenvalue weighted by Crippen LogP contribution is -2.28. The number of halogens is 1. The van der Waals surface area contributed by atoms with Crippen molar-refractivity contribution in [2.24, 2.45) is 5.73 Å². The van der Waals surface area contributed by atoms with Crippen molar-refractivity contribution in [2.75, 3.05) is 24.2 Å². The van der Waals surface area contributed by atoms with Crippen molar-refractivity contribution in [1.29, 1.82) is 0 Å². The molecule has 1 aromatic rings. The summed E-state index contributed by atoms with van der Waals surface area (Å²) >= 11 is 6.11. The van der Waals surface area contributed by atoms with Crippen LogP contribution in [0, 0.1) is 0 Å². The molecule has 0 bridgehead atoms. The summed E-state index contributed by atoms with van der Waals surface area (Å²) in [5.41, 5.74) is 12.2. The topological polar surface area (TPSA) is 90.4 Å². The highest BCUT2D eigenvalue weighted by atomic mass is 35.5. The summed E-state index contributed by atoms with van der Waals surface area (Å²) in [7, 11) is 0. The number of hydrogen-bond acceptors (Lipinski definition) is 4. The first-order chi connectivity index (χ1) is 9.08. The highest BCUT2D eigenvalue weighted by molar-refractivity contribution is 6.34. The molecule has 5 nitrogen and oxygen atoms in total. The van der Waals surface area contributed by atoms with E-state index in [0.717, 1.165) is 25.9 Å². The van der Waals surface area contributed by atoms with Crippen LogP contribution in [0.4, 0.5) is 11.4 Å². The minimum Gasteiger partial charge on any atom is -0.399 e. The van der Waals surface area contributed by atoms with E-state index in [1.165, 1.54) is 6.07 Å². The van der Waals surface area contributed by atoms with Gasteiger partial charge < -0.3 is 21.5 Å². The predicted octanol–water partition coefficient (Wildman–Crippen LogP) is 2.00. The first-order valence-corrected chi connectivity index (χ1v) is 6.70. The third-order valence-corrected chi connectivity index (χ3v) is 3.46. The van der Waals surface area contributed by atoms with Crippen LogP contribution >= 0.6 is 11.6 Å². The average Bonchev–Trinajstić information content (AvgIpc) is 2.38. The van der Waals surface area contributed by atoms with Crippen LogP contribution in [-0.2, 0) is 4.74 Å². The molecule has 0 aromatic heterocycles. The van der Waals surface area contributed by atoms with Gasteiger partial charge in [0.1, 0.15) is 0 Å². The zero-order valence-electron chi connectivity index (χ0n) is 10.6. The molecule has 1 fully saturated rings. The maximum atomic E-state index is 11.4. The van der Waals surface area contributed by atoms with Gasteiger partial charge in [0.05, 0.1) is 22.4 Å². The number of amides is 1. The lowest BCUT2D eigenvalue weighted by molar-refractivity contribution is 0.0247. The molecule has 1 aromatic carbocycles. The zero-order valence-corrected chi connectivity index (χ0v) is 11.4. The van der Waals surface area contributed by atoms with E-state index in [2.05, 4.69) is 5.32 Å². The maximum Gasteiger partial charge on any atom is 0.250 e. The van der Waals surface area contributed by atoms with Gasteiger partial charge in [-0.3, -0.25) is 4.79 Å². The number of rotatable bonds is 4. The predicted molar refractivity (Wildman–Crippen MR) is 76.5 cm³/mol. The molecule has 1 unspecified atom stereocenters. The molecule has 104 valence electrons. The van der Waals surface area contributed by atoms with Crippen molar-refractivity contribution < 1.29 is 9.53 Å². The highest BCUT2D eigenvalue weighted by Crippen LogP contribution is 2.29. The first-order valence-electron chi connectivity index (χ1n) is 6.32. The Morgan fingerprint density at radius 2 is 2.26 bits per heavy atom. The number of anilines is 2. The van der Waals surface area contributed by atoms with Gasteiger partial charge in [0, 0.05) is 18.8 Å². The van der Waals surface area contributed by atoms with E-state index < -0.39 is 5.91 Å². The Labute approximate surface area is 117 Å². The Bertz CT molecular complexity index is 473. The minimum absolute atomic E-state index is 0.142. The van der Waals surface area contributed by atoms with Crippen LogP contribution in [0.2, 0.25) is 5.02 Å². The van der Waals surface area contributed by atoms with Crippen molar-refractivity contribution in [3.8, 4) is 0 Å². The van der Waals surface area contributed by atoms with Crippen molar-refractivity contribution in [1.82, 2.24) is 0 Å². The van der Waals surface area contributed by atoms with Crippen LogP contribution in [0.25, 0.3) is 0 Å². The Kier molecular flexibility index (Phi) is 4.50. The number of carbonyl (C=O) groups excluding carboxylic acids is 1. The normalized spacial score (nSPS) is 19.1. The molecule has 0 aliphatic carbocycles. The average molecular weight is 284 g/mol. The molecule has 1 aliphatic heterocycles. The van der Waals surface area contributed by atoms with Gasteiger partial charge >= 0.3 is 0 Å². The molecule has 5 N–H and O–H groups in total. The van der Waals surface area contributed by atoms with E-state index in [4.69, 9.17) is 27.8 Å². The molecule has 0 saturated carbocycles. The van der Waals surface area contributed by atoms with Gasteiger partial charge in [-0.2, -0.15) is 0 Å². The Balaban J connectivity index is 2.12. The largest absolute Gasteiger partial charge is 0.399 e. The quantitative estimate of drug-likeness (QED) is 0.737. The SMILES string of the molecule is NC(=O)c1cc(N)cc(Cl)c1NCC1CCCCO1. The van der Waals surface area contributed by atoms with Crippen molar-refractivity contribution >= 4 is 28.9 Å². The third kappa shape index (κ3) is 3.52. The smallest absolute Gasteiger partial charge is 0.250 e. The molecule has 1 saturated heterocycles. The van der Waals surface area contributed by atoms with Crippen LogP contribution < -0.4 is 16.8 Å². The second kappa shape index (κ2) is 6.12. The molecular weight excluding hydrogens is 266 g/mol. The van der Waals surface area contributed by atoms with Crippen LogP contribution in [0.3, 0.4) is 0 Å². The van der Waals surface area contributed by atoms with Gasteiger partial charge in [-0.15, -0.1) is 0 Å². The standard InChI is InChI=1S/C13H18ClN3O2/c14-11-6-8(15)5-10(13(16)18)12(11)17-7-9-3-1-2-4-19-9/h5-6,9,17H,1-4,7,15H2,(H2,16,18). The van der Waals surface area contributed by atoms with E-state index in [-0.39, 0.29) is 6.10 Å². The number of nitrogens with one attached hydrogen (secondary N) is 1. The third-order valence-electron chi connectivity index (χ3n) is 3.16. The fourth-order valence-corrected chi connectivity index (χ4v) is 2.48. The number of nitrogens with two attached hydrogens (primary N) is 2. The lowest BCUT2D eigenvalue weighted by Gasteiger charge is -2.24. The van der Waals surface area contributed by atoms with E-state index >= 15 is 0 Å². The van der Waals surface area contributed by atoms with Crippen molar-refractivity contribution in [3.05, 3.63) is 22.7 Å². The monoisotopic (exact) mass is 283 g/mol. The number of nitrogen functional groups attached to an aromatic ring is 1. The second-order valence-electron chi connectivity index (χ2n) is 4.66. The molecule has 0 radical (unpaired) electrons. The van der Waals surface area contributed by atoms with Gasteiger partial charge in [-0.05, 0) is 31.4 Å². The van der Waals surface area contributed by atoms with E-state index in [1.807, 2.05) is 0 Å². The van der Waals surface area contributed by atoms with Crippen LogP contribution in [0.1, 0.15) is 29.6 Å². The lowest BCUT2D eigenvalue weighted by atomic mass is 10.1. The van der Waals surface area contributed by atoms with Crippen molar-refractivity contribution in [2.45, 2.75) is 25.4 Å². The summed E-state index contributed by atoms with van der Waals surface area (Å²) in [6.45, 7) is 1.38. The van der Waals surface area contributed by atoms with Crippen LogP contribution in [0.5, 0.6) is 0 Å². The number of primary amides is 1. The van der Waals surface area contributed by atoms with Crippen molar-refractivity contribution in [3.63, 3.8) is 0 Å². The summed E-state index contributed by atoms with van der Waals surface area (Å²) in [6, 6.07) is 3.12. The maximum absolute atomic E-state index is 11.4. The van der Waals surface area contributed by atoms with Crippen LogP contribution in [0.15, 0.2) is 12.1 Å². The number of ether oxygens (including phenoxy) is 1. The number of carbonyl (C=O) groups is 1. The molecule has 19 heavy (non-hydrogen) atoms. The number of hydrogen-bond donors (Lipinski definition) is 3. The number of benzene rings is 1. The molecule has 1 atom stereocenters. The fourth-order valence-electron chi connectivity index (χ4n) is 2.19. The summed E-state index contributed by atoms with van der Waals surface area (Å²) in [4.78, 5) is 11.4. The summed E-state index contributed by atoms with van der Waals surface area (Å²) < 4.78 is 5.62. The first kappa shape index (κ1) is 14.0. The molecule has 1 amide bonds. The molecule has 0 spiro atoms. The zero-order chi connectivity index (χ0) is 13.8. The summed E-state index contributed by atoms with van der Waals surface area (Å²) in [6.07, 6.45) is 3.41. The Morgan fingerprint density at radius 3 is 2.89 bits per heavy atom. The van der Waals surface area contributed by atoms with E-state index in [0.29, 0.717) is 28.5 Å².